The van der Waals surface area contributed by atoms with Crippen molar-refractivity contribution in [1.29, 1.82) is 0 Å². The molecule has 112 valence electrons. The van der Waals surface area contributed by atoms with Gasteiger partial charge in [0, 0.05) is 6.04 Å². The number of hydrogen-bond acceptors (Lipinski definition) is 1. The monoisotopic (exact) mass is 273 g/mol. The van der Waals surface area contributed by atoms with Crippen LogP contribution in [-0.2, 0) is 6.42 Å². The summed E-state index contributed by atoms with van der Waals surface area (Å²) < 4.78 is 0. The Bertz CT molecular complexity index is 373. The SMILES string of the molecule is CCCCc1ccc(C(NC)C2CCC(C)CC2)cc1. The minimum Gasteiger partial charge on any atom is -0.313 e. The van der Waals surface area contributed by atoms with Gasteiger partial charge < -0.3 is 5.32 Å². The lowest BCUT2D eigenvalue weighted by molar-refractivity contribution is 0.238. The highest BCUT2D eigenvalue weighted by Crippen LogP contribution is 2.36. The van der Waals surface area contributed by atoms with Crippen LogP contribution in [0.1, 0.15) is 69.5 Å². The molecule has 0 amide bonds. The quantitative estimate of drug-likeness (QED) is 0.759. The maximum atomic E-state index is 3.57. The molecule has 20 heavy (non-hydrogen) atoms. The fourth-order valence-corrected chi connectivity index (χ4v) is 3.57. The van der Waals surface area contributed by atoms with Crippen LogP contribution in [0.5, 0.6) is 0 Å². The summed E-state index contributed by atoms with van der Waals surface area (Å²) in [5, 5.41) is 3.57. The van der Waals surface area contributed by atoms with E-state index in [0.29, 0.717) is 6.04 Å². The second kappa shape index (κ2) is 7.83. The van der Waals surface area contributed by atoms with Crippen molar-refractivity contribution in [3.05, 3.63) is 35.4 Å². The number of unbranched alkanes of at least 4 members (excludes halogenated alkanes) is 1. The average molecular weight is 273 g/mol. The van der Waals surface area contributed by atoms with Gasteiger partial charge in [-0.3, -0.25) is 0 Å². The van der Waals surface area contributed by atoms with Gasteiger partial charge >= 0.3 is 0 Å². The summed E-state index contributed by atoms with van der Waals surface area (Å²) >= 11 is 0. The highest BCUT2D eigenvalue weighted by Gasteiger charge is 2.26. The van der Waals surface area contributed by atoms with Crippen molar-refractivity contribution in [3.8, 4) is 0 Å². The van der Waals surface area contributed by atoms with Gasteiger partial charge in [0.1, 0.15) is 0 Å². The van der Waals surface area contributed by atoms with Crippen molar-refractivity contribution in [2.24, 2.45) is 11.8 Å². The second-order valence-corrected chi connectivity index (χ2v) is 6.63. The molecule has 1 N–H and O–H groups in total. The molecule has 0 spiro atoms. The predicted molar refractivity (Wildman–Crippen MR) is 88.0 cm³/mol. The minimum absolute atomic E-state index is 0.544. The minimum atomic E-state index is 0.544. The number of hydrogen-bond donors (Lipinski definition) is 1. The van der Waals surface area contributed by atoms with Crippen LogP contribution >= 0.6 is 0 Å². The van der Waals surface area contributed by atoms with Gasteiger partial charge in [0.05, 0.1) is 0 Å². The van der Waals surface area contributed by atoms with Gasteiger partial charge in [-0.05, 0) is 55.7 Å². The third kappa shape index (κ3) is 4.09. The molecular weight excluding hydrogens is 242 g/mol. The standard InChI is InChI=1S/C19H31N/c1-4-5-6-16-9-13-18(14-10-16)19(20-3)17-11-7-15(2)8-12-17/h9-10,13-15,17,19-20H,4-8,11-12H2,1-3H3. The van der Waals surface area contributed by atoms with E-state index in [1.54, 1.807) is 0 Å². The predicted octanol–water partition coefficient (Wildman–Crippen LogP) is 5.12. The molecule has 1 fully saturated rings. The van der Waals surface area contributed by atoms with E-state index in [1.165, 1.54) is 56.1 Å². The van der Waals surface area contributed by atoms with Crippen LogP contribution in [-0.4, -0.2) is 7.05 Å². The Morgan fingerprint density at radius 3 is 2.30 bits per heavy atom. The summed E-state index contributed by atoms with van der Waals surface area (Å²) in [6, 6.07) is 9.92. The zero-order valence-corrected chi connectivity index (χ0v) is 13.5. The average Bonchev–Trinajstić information content (AvgIpc) is 2.49. The third-order valence-electron chi connectivity index (χ3n) is 5.00. The number of nitrogens with one attached hydrogen (secondary N) is 1. The molecule has 1 atom stereocenters. The molecular formula is C19H31N. The van der Waals surface area contributed by atoms with Crippen LogP contribution in [0.4, 0.5) is 0 Å². The molecule has 0 aromatic heterocycles. The lowest BCUT2D eigenvalue weighted by Gasteiger charge is -2.33. The van der Waals surface area contributed by atoms with E-state index in [4.69, 9.17) is 0 Å². The molecule has 0 aliphatic heterocycles. The molecule has 1 heteroatoms. The number of benzene rings is 1. The second-order valence-electron chi connectivity index (χ2n) is 6.63. The van der Waals surface area contributed by atoms with Crippen LogP contribution in [0.3, 0.4) is 0 Å². The van der Waals surface area contributed by atoms with Crippen molar-refractivity contribution in [3.63, 3.8) is 0 Å². The fourth-order valence-electron chi connectivity index (χ4n) is 3.57. The third-order valence-corrected chi connectivity index (χ3v) is 5.00. The molecule has 1 aromatic carbocycles. The van der Waals surface area contributed by atoms with E-state index in [1.807, 2.05) is 0 Å². The van der Waals surface area contributed by atoms with Crippen LogP contribution in [0.15, 0.2) is 24.3 Å². The van der Waals surface area contributed by atoms with E-state index >= 15 is 0 Å². The maximum absolute atomic E-state index is 3.57. The van der Waals surface area contributed by atoms with Crippen molar-refractivity contribution in [2.75, 3.05) is 7.05 Å². The van der Waals surface area contributed by atoms with Crippen molar-refractivity contribution in [2.45, 2.75) is 64.8 Å². The van der Waals surface area contributed by atoms with Gasteiger partial charge in [-0.25, -0.2) is 0 Å². The summed E-state index contributed by atoms with van der Waals surface area (Å²) in [6.07, 6.45) is 9.36. The van der Waals surface area contributed by atoms with Gasteiger partial charge in [-0.15, -0.1) is 0 Å². The molecule has 1 aliphatic rings. The normalized spacial score (nSPS) is 24.6. The van der Waals surface area contributed by atoms with Gasteiger partial charge in [0.25, 0.3) is 0 Å². The molecule has 1 aromatic rings. The molecule has 1 aliphatic carbocycles. The Morgan fingerprint density at radius 2 is 1.75 bits per heavy atom. The fraction of sp³-hybridized carbons (Fsp3) is 0.684. The smallest absolute Gasteiger partial charge is 0.0346 e. The van der Waals surface area contributed by atoms with Crippen molar-refractivity contribution >= 4 is 0 Å². The van der Waals surface area contributed by atoms with Crippen molar-refractivity contribution < 1.29 is 0 Å². The van der Waals surface area contributed by atoms with Gasteiger partial charge in [0.2, 0.25) is 0 Å². The van der Waals surface area contributed by atoms with E-state index in [-0.39, 0.29) is 0 Å². The Balaban J connectivity index is 2.00. The van der Waals surface area contributed by atoms with Crippen molar-refractivity contribution in [1.82, 2.24) is 5.32 Å². The molecule has 1 nitrogen and oxygen atoms in total. The molecule has 1 unspecified atom stereocenters. The zero-order chi connectivity index (χ0) is 14.4. The number of aryl methyl sites for hydroxylation is 1. The Kier molecular flexibility index (Phi) is 6.09. The molecule has 0 heterocycles. The number of rotatable bonds is 6. The largest absolute Gasteiger partial charge is 0.313 e. The Labute approximate surface area is 125 Å². The highest BCUT2D eigenvalue weighted by atomic mass is 14.9. The van der Waals surface area contributed by atoms with Gasteiger partial charge in [0.15, 0.2) is 0 Å². The molecule has 0 bridgehead atoms. The molecule has 0 radical (unpaired) electrons. The topological polar surface area (TPSA) is 12.0 Å². The van der Waals surface area contributed by atoms with Crippen LogP contribution in [0.2, 0.25) is 0 Å². The van der Waals surface area contributed by atoms with E-state index in [9.17, 15) is 0 Å². The highest BCUT2D eigenvalue weighted by molar-refractivity contribution is 5.25. The summed E-state index contributed by atoms with van der Waals surface area (Å²) in [4.78, 5) is 0. The zero-order valence-electron chi connectivity index (χ0n) is 13.5. The molecule has 2 rings (SSSR count). The van der Waals surface area contributed by atoms with Gasteiger partial charge in [-0.2, -0.15) is 0 Å². The van der Waals surface area contributed by atoms with Crippen LogP contribution in [0, 0.1) is 11.8 Å². The lowest BCUT2D eigenvalue weighted by atomic mass is 9.77. The summed E-state index contributed by atoms with van der Waals surface area (Å²) in [5.41, 5.74) is 2.97. The van der Waals surface area contributed by atoms with Gasteiger partial charge in [-0.1, -0.05) is 57.4 Å². The van der Waals surface area contributed by atoms with Crippen LogP contribution < -0.4 is 5.32 Å². The molecule has 1 saturated carbocycles. The first-order valence-electron chi connectivity index (χ1n) is 8.50. The maximum Gasteiger partial charge on any atom is 0.0346 e. The summed E-state index contributed by atoms with van der Waals surface area (Å²) in [6.45, 7) is 4.66. The summed E-state index contributed by atoms with van der Waals surface area (Å²) in [7, 11) is 2.12. The first-order chi connectivity index (χ1) is 9.74. The summed E-state index contributed by atoms with van der Waals surface area (Å²) in [5.74, 6) is 1.75. The first-order valence-corrected chi connectivity index (χ1v) is 8.50. The van der Waals surface area contributed by atoms with Crippen LogP contribution in [0.25, 0.3) is 0 Å². The Morgan fingerprint density at radius 1 is 1.10 bits per heavy atom. The van der Waals surface area contributed by atoms with E-state index in [0.717, 1.165) is 11.8 Å². The van der Waals surface area contributed by atoms with E-state index in [2.05, 4.69) is 50.5 Å². The first kappa shape index (κ1) is 15.6. The Hall–Kier alpha value is -0.820. The van der Waals surface area contributed by atoms with E-state index < -0.39 is 0 Å². The molecule has 0 saturated heterocycles. The lowest BCUT2D eigenvalue weighted by Crippen LogP contribution is -2.28.